The SMILES string of the molecule is CN(C)C(C)(C)CNCc1ccc(Br)cc1F. The largest absolute Gasteiger partial charge is 0.311 e. The number of rotatable bonds is 5. The van der Waals surface area contributed by atoms with Crippen molar-refractivity contribution in [2.45, 2.75) is 25.9 Å². The molecule has 0 heterocycles. The smallest absolute Gasteiger partial charge is 0.128 e. The molecule has 0 radical (unpaired) electrons. The summed E-state index contributed by atoms with van der Waals surface area (Å²) in [5.41, 5.74) is 0.758. The Bertz CT molecular complexity index is 378. The highest BCUT2D eigenvalue weighted by atomic mass is 79.9. The van der Waals surface area contributed by atoms with Crippen molar-refractivity contribution < 1.29 is 4.39 Å². The summed E-state index contributed by atoms with van der Waals surface area (Å²) >= 11 is 3.25. The standard InChI is InChI=1S/C13H20BrFN2/c1-13(2,17(3)4)9-16-8-10-5-6-11(14)7-12(10)15/h5-7,16H,8-9H2,1-4H3. The van der Waals surface area contributed by atoms with Crippen molar-refractivity contribution in [1.82, 2.24) is 10.2 Å². The van der Waals surface area contributed by atoms with E-state index in [0.717, 1.165) is 11.0 Å². The maximum Gasteiger partial charge on any atom is 0.128 e. The molecule has 0 aromatic heterocycles. The lowest BCUT2D eigenvalue weighted by molar-refractivity contribution is 0.189. The van der Waals surface area contributed by atoms with Gasteiger partial charge in [-0.3, -0.25) is 0 Å². The molecular weight excluding hydrogens is 283 g/mol. The molecule has 17 heavy (non-hydrogen) atoms. The summed E-state index contributed by atoms with van der Waals surface area (Å²) in [5.74, 6) is -0.172. The molecule has 0 bridgehead atoms. The molecule has 0 fully saturated rings. The molecule has 0 saturated carbocycles. The molecule has 1 aromatic carbocycles. The molecule has 0 unspecified atom stereocenters. The lowest BCUT2D eigenvalue weighted by Gasteiger charge is -2.32. The molecule has 96 valence electrons. The van der Waals surface area contributed by atoms with E-state index in [-0.39, 0.29) is 11.4 Å². The van der Waals surface area contributed by atoms with Crippen molar-refractivity contribution in [3.8, 4) is 0 Å². The molecule has 0 aliphatic carbocycles. The maximum atomic E-state index is 13.5. The van der Waals surface area contributed by atoms with Crippen LogP contribution in [0.5, 0.6) is 0 Å². The molecule has 4 heteroatoms. The summed E-state index contributed by atoms with van der Waals surface area (Å²) in [4.78, 5) is 2.15. The Balaban J connectivity index is 2.51. The highest BCUT2D eigenvalue weighted by molar-refractivity contribution is 9.10. The van der Waals surface area contributed by atoms with E-state index in [0.29, 0.717) is 12.1 Å². The quantitative estimate of drug-likeness (QED) is 0.899. The van der Waals surface area contributed by atoms with Crippen molar-refractivity contribution in [2.24, 2.45) is 0 Å². The number of benzene rings is 1. The van der Waals surface area contributed by atoms with Crippen molar-refractivity contribution in [3.05, 3.63) is 34.1 Å². The van der Waals surface area contributed by atoms with Crippen molar-refractivity contribution in [1.29, 1.82) is 0 Å². The zero-order valence-electron chi connectivity index (χ0n) is 10.8. The second-order valence-electron chi connectivity index (χ2n) is 5.05. The van der Waals surface area contributed by atoms with E-state index in [9.17, 15) is 4.39 Å². The first-order valence-corrected chi connectivity index (χ1v) is 6.44. The fraction of sp³-hybridized carbons (Fsp3) is 0.538. The third-order valence-electron chi connectivity index (χ3n) is 3.10. The number of nitrogens with zero attached hydrogens (tertiary/aromatic N) is 1. The lowest BCUT2D eigenvalue weighted by atomic mass is 10.0. The number of halogens is 2. The number of nitrogens with one attached hydrogen (secondary N) is 1. The third kappa shape index (κ3) is 4.37. The van der Waals surface area contributed by atoms with Crippen LogP contribution in [0.1, 0.15) is 19.4 Å². The molecule has 0 amide bonds. The van der Waals surface area contributed by atoms with E-state index in [1.54, 1.807) is 6.07 Å². The molecular formula is C13H20BrFN2. The molecule has 1 N–H and O–H groups in total. The zero-order chi connectivity index (χ0) is 13.1. The summed E-state index contributed by atoms with van der Waals surface area (Å²) in [7, 11) is 4.09. The zero-order valence-corrected chi connectivity index (χ0v) is 12.4. The minimum Gasteiger partial charge on any atom is -0.311 e. The Kier molecular flexibility index (Phi) is 5.10. The fourth-order valence-electron chi connectivity index (χ4n) is 1.33. The second-order valence-corrected chi connectivity index (χ2v) is 5.96. The molecule has 1 rings (SSSR count). The van der Waals surface area contributed by atoms with E-state index < -0.39 is 0 Å². The van der Waals surface area contributed by atoms with Crippen molar-refractivity contribution in [3.63, 3.8) is 0 Å². The molecule has 0 atom stereocenters. The van der Waals surface area contributed by atoms with Crippen LogP contribution in [0.15, 0.2) is 22.7 Å². The highest BCUT2D eigenvalue weighted by Gasteiger charge is 2.19. The number of hydrogen-bond donors (Lipinski definition) is 1. The van der Waals surface area contributed by atoms with Crippen molar-refractivity contribution in [2.75, 3.05) is 20.6 Å². The van der Waals surface area contributed by atoms with Gasteiger partial charge in [0.1, 0.15) is 5.82 Å². The monoisotopic (exact) mass is 302 g/mol. The Labute approximate surface area is 111 Å². The van der Waals surface area contributed by atoms with Gasteiger partial charge < -0.3 is 10.2 Å². The van der Waals surface area contributed by atoms with E-state index in [2.05, 4.69) is 40.0 Å². The number of hydrogen-bond acceptors (Lipinski definition) is 2. The van der Waals surface area contributed by atoms with Gasteiger partial charge in [-0.05, 0) is 40.1 Å². The van der Waals surface area contributed by atoms with Gasteiger partial charge in [0.15, 0.2) is 0 Å². The lowest BCUT2D eigenvalue weighted by Crippen LogP contribution is -2.46. The number of likely N-dealkylation sites (N-methyl/N-ethyl adjacent to an activating group) is 1. The highest BCUT2D eigenvalue weighted by Crippen LogP contribution is 2.15. The van der Waals surface area contributed by atoms with Crippen LogP contribution < -0.4 is 5.32 Å². The van der Waals surface area contributed by atoms with Gasteiger partial charge in [0.25, 0.3) is 0 Å². The van der Waals surface area contributed by atoms with E-state index in [1.165, 1.54) is 6.07 Å². The van der Waals surface area contributed by atoms with Gasteiger partial charge in [-0.2, -0.15) is 0 Å². The van der Waals surface area contributed by atoms with Crippen LogP contribution in [0.25, 0.3) is 0 Å². The van der Waals surface area contributed by atoms with Crippen LogP contribution >= 0.6 is 15.9 Å². The van der Waals surface area contributed by atoms with Crippen LogP contribution in [-0.2, 0) is 6.54 Å². The maximum absolute atomic E-state index is 13.5. The van der Waals surface area contributed by atoms with Crippen LogP contribution in [0.2, 0.25) is 0 Å². The average Bonchev–Trinajstić information content (AvgIpc) is 2.21. The van der Waals surface area contributed by atoms with Gasteiger partial charge in [-0.15, -0.1) is 0 Å². The normalized spacial score (nSPS) is 12.2. The summed E-state index contributed by atoms with van der Waals surface area (Å²) in [6.45, 7) is 5.67. The minimum atomic E-state index is -0.172. The minimum absolute atomic E-state index is 0.0613. The van der Waals surface area contributed by atoms with Crippen LogP contribution in [0, 0.1) is 5.82 Å². The molecule has 0 spiro atoms. The van der Waals surface area contributed by atoms with E-state index in [4.69, 9.17) is 0 Å². The second kappa shape index (κ2) is 5.94. The van der Waals surface area contributed by atoms with Crippen LogP contribution in [-0.4, -0.2) is 31.1 Å². The molecule has 0 aliphatic heterocycles. The molecule has 0 aliphatic rings. The van der Waals surface area contributed by atoms with Gasteiger partial charge >= 0.3 is 0 Å². The summed E-state index contributed by atoms with van der Waals surface area (Å²) in [5, 5.41) is 3.29. The van der Waals surface area contributed by atoms with E-state index in [1.807, 2.05) is 20.2 Å². The van der Waals surface area contributed by atoms with Gasteiger partial charge in [0.05, 0.1) is 0 Å². The van der Waals surface area contributed by atoms with Gasteiger partial charge in [0, 0.05) is 28.7 Å². The van der Waals surface area contributed by atoms with Gasteiger partial charge in [-0.25, -0.2) is 4.39 Å². The van der Waals surface area contributed by atoms with Crippen LogP contribution in [0.4, 0.5) is 4.39 Å². The Morgan fingerprint density at radius 1 is 1.35 bits per heavy atom. The fourth-order valence-corrected chi connectivity index (χ4v) is 1.66. The van der Waals surface area contributed by atoms with E-state index >= 15 is 0 Å². The Morgan fingerprint density at radius 2 is 2.00 bits per heavy atom. The summed E-state index contributed by atoms with van der Waals surface area (Å²) in [6, 6.07) is 5.15. The summed E-state index contributed by atoms with van der Waals surface area (Å²) < 4.78 is 14.3. The van der Waals surface area contributed by atoms with Crippen molar-refractivity contribution >= 4 is 15.9 Å². The van der Waals surface area contributed by atoms with Gasteiger partial charge in [0.2, 0.25) is 0 Å². The predicted molar refractivity (Wildman–Crippen MR) is 73.6 cm³/mol. The summed E-state index contributed by atoms with van der Waals surface area (Å²) in [6.07, 6.45) is 0. The molecule has 1 aromatic rings. The molecule has 2 nitrogen and oxygen atoms in total. The third-order valence-corrected chi connectivity index (χ3v) is 3.59. The average molecular weight is 303 g/mol. The molecule has 0 saturated heterocycles. The predicted octanol–water partition coefficient (Wildman–Crippen LogP) is 3.02. The topological polar surface area (TPSA) is 15.3 Å². The first-order chi connectivity index (χ1) is 7.83. The van der Waals surface area contributed by atoms with Gasteiger partial charge in [-0.1, -0.05) is 22.0 Å². The first kappa shape index (κ1) is 14.6. The Morgan fingerprint density at radius 3 is 2.53 bits per heavy atom. The first-order valence-electron chi connectivity index (χ1n) is 5.65. The Hall–Kier alpha value is -0.450. The van der Waals surface area contributed by atoms with Crippen LogP contribution in [0.3, 0.4) is 0 Å².